The Morgan fingerprint density at radius 1 is 1.33 bits per heavy atom. The second-order valence-electron chi connectivity index (χ2n) is 4.91. The Bertz CT molecular complexity index is 270. The predicted octanol–water partition coefficient (Wildman–Crippen LogP) is 3.23. The second kappa shape index (κ2) is 6.41. The minimum absolute atomic E-state index is 0.0995. The molecule has 6 heteroatoms. The molecule has 1 N–H and O–H groups in total. The van der Waals surface area contributed by atoms with Crippen molar-refractivity contribution in [1.29, 1.82) is 0 Å². The average Bonchev–Trinajstić information content (AvgIpc) is 2.27. The van der Waals surface area contributed by atoms with Gasteiger partial charge in [0.2, 0.25) is 0 Å². The van der Waals surface area contributed by atoms with E-state index >= 15 is 0 Å². The molecule has 0 aromatic carbocycles. The van der Waals surface area contributed by atoms with Crippen LogP contribution in [0.25, 0.3) is 0 Å². The van der Waals surface area contributed by atoms with Gasteiger partial charge in [-0.3, -0.25) is 4.79 Å². The Morgan fingerprint density at radius 3 is 2.28 bits per heavy atom. The van der Waals surface area contributed by atoms with Crippen molar-refractivity contribution in [3.63, 3.8) is 0 Å². The lowest BCUT2D eigenvalue weighted by molar-refractivity contribution is -0.231. The van der Waals surface area contributed by atoms with Gasteiger partial charge in [0.15, 0.2) is 6.10 Å². The number of aliphatic carboxylic acids is 1. The molecule has 0 radical (unpaired) electrons. The van der Waals surface area contributed by atoms with Crippen LogP contribution in [0.3, 0.4) is 0 Å². The van der Waals surface area contributed by atoms with Gasteiger partial charge in [0.25, 0.3) is 0 Å². The third-order valence-corrected chi connectivity index (χ3v) is 3.66. The van der Waals surface area contributed by atoms with Crippen molar-refractivity contribution in [3.05, 3.63) is 0 Å². The van der Waals surface area contributed by atoms with Crippen LogP contribution in [0.2, 0.25) is 0 Å². The van der Waals surface area contributed by atoms with E-state index in [1.165, 1.54) is 0 Å². The Morgan fingerprint density at radius 2 is 1.89 bits per heavy atom. The molecule has 0 saturated heterocycles. The Labute approximate surface area is 104 Å². The highest BCUT2D eigenvalue weighted by Gasteiger charge is 2.45. The van der Waals surface area contributed by atoms with Crippen molar-refractivity contribution in [2.75, 3.05) is 7.11 Å². The van der Waals surface area contributed by atoms with E-state index in [2.05, 4.69) is 4.74 Å². The van der Waals surface area contributed by atoms with Crippen LogP contribution in [-0.2, 0) is 9.53 Å². The summed E-state index contributed by atoms with van der Waals surface area (Å²) in [5.74, 6) is -1.10. The molecule has 1 atom stereocenters. The highest BCUT2D eigenvalue weighted by molar-refractivity contribution is 5.66. The molecule has 0 aliphatic heterocycles. The smallest absolute Gasteiger partial charge is 0.414 e. The SMILES string of the molecule is COC(C1CCC(CCC(=O)O)CC1)C(F)(F)F. The molecule has 106 valence electrons. The van der Waals surface area contributed by atoms with Gasteiger partial charge in [-0.2, -0.15) is 13.2 Å². The van der Waals surface area contributed by atoms with E-state index < -0.39 is 24.2 Å². The first kappa shape index (κ1) is 15.3. The minimum Gasteiger partial charge on any atom is -0.481 e. The summed E-state index contributed by atoms with van der Waals surface area (Å²) in [6.07, 6.45) is -3.09. The topological polar surface area (TPSA) is 46.5 Å². The number of carbonyl (C=O) groups is 1. The first-order valence-electron chi connectivity index (χ1n) is 6.16. The van der Waals surface area contributed by atoms with Gasteiger partial charge >= 0.3 is 12.1 Å². The first-order valence-corrected chi connectivity index (χ1v) is 6.16. The Kier molecular flexibility index (Phi) is 5.44. The number of carboxylic acid groups (broad SMARTS) is 1. The zero-order chi connectivity index (χ0) is 13.8. The van der Waals surface area contributed by atoms with Crippen LogP contribution in [0.15, 0.2) is 0 Å². The number of hydrogen-bond acceptors (Lipinski definition) is 2. The van der Waals surface area contributed by atoms with Crippen LogP contribution in [-0.4, -0.2) is 30.5 Å². The van der Waals surface area contributed by atoms with E-state index in [4.69, 9.17) is 5.11 Å². The van der Waals surface area contributed by atoms with Crippen LogP contribution >= 0.6 is 0 Å². The lowest BCUT2D eigenvalue weighted by atomic mass is 9.77. The van der Waals surface area contributed by atoms with Crippen LogP contribution in [0.5, 0.6) is 0 Å². The number of alkyl halides is 3. The summed E-state index contributed by atoms with van der Waals surface area (Å²) in [5, 5.41) is 8.56. The monoisotopic (exact) mass is 268 g/mol. The molecule has 0 heterocycles. The van der Waals surface area contributed by atoms with Gasteiger partial charge in [-0.25, -0.2) is 0 Å². The molecule has 18 heavy (non-hydrogen) atoms. The summed E-state index contributed by atoms with van der Waals surface area (Å²) < 4.78 is 42.5. The van der Waals surface area contributed by atoms with Crippen molar-refractivity contribution in [2.45, 2.75) is 50.8 Å². The first-order chi connectivity index (χ1) is 8.34. The van der Waals surface area contributed by atoms with Crippen LogP contribution < -0.4 is 0 Å². The number of ether oxygens (including phenoxy) is 1. The van der Waals surface area contributed by atoms with E-state index in [0.29, 0.717) is 32.1 Å². The normalized spacial score (nSPS) is 26.9. The van der Waals surface area contributed by atoms with E-state index in [1.54, 1.807) is 0 Å². The molecular weight excluding hydrogens is 249 g/mol. The molecule has 1 unspecified atom stereocenters. The summed E-state index contributed by atoms with van der Waals surface area (Å²) in [5.41, 5.74) is 0. The summed E-state index contributed by atoms with van der Waals surface area (Å²) in [4.78, 5) is 10.4. The van der Waals surface area contributed by atoms with Crippen molar-refractivity contribution in [3.8, 4) is 0 Å². The molecule has 0 aromatic rings. The van der Waals surface area contributed by atoms with Crippen LogP contribution in [0.4, 0.5) is 13.2 Å². The number of carboxylic acids is 1. The molecule has 1 rings (SSSR count). The highest BCUT2D eigenvalue weighted by Crippen LogP contribution is 2.39. The fourth-order valence-corrected chi connectivity index (χ4v) is 2.70. The van der Waals surface area contributed by atoms with Gasteiger partial charge < -0.3 is 9.84 Å². The molecule has 1 saturated carbocycles. The van der Waals surface area contributed by atoms with Gasteiger partial charge in [0.05, 0.1) is 0 Å². The number of rotatable bonds is 5. The number of methoxy groups -OCH3 is 1. The average molecular weight is 268 g/mol. The lowest BCUT2D eigenvalue weighted by Crippen LogP contribution is -2.39. The maximum Gasteiger partial charge on any atom is 0.414 e. The summed E-state index contributed by atoms with van der Waals surface area (Å²) >= 11 is 0. The predicted molar refractivity (Wildman–Crippen MR) is 59.2 cm³/mol. The second-order valence-corrected chi connectivity index (χ2v) is 4.91. The lowest BCUT2D eigenvalue weighted by Gasteiger charge is -2.33. The van der Waals surface area contributed by atoms with E-state index in [1.807, 2.05) is 0 Å². The van der Waals surface area contributed by atoms with Crippen LogP contribution in [0.1, 0.15) is 38.5 Å². The van der Waals surface area contributed by atoms with Crippen LogP contribution in [0, 0.1) is 11.8 Å². The molecular formula is C12H19F3O3. The van der Waals surface area contributed by atoms with Crippen molar-refractivity contribution >= 4 is 5.97 Å². The molecule has 0 bridgehead atoms. The van der Waals surface area contributed by atoms with Crippen molar-refractivity contribution in [1.82, 2.24) is 0 Å². The summed E-state index contributed by atoms with van der Waals surface area (Å²) in [6.45, 7) is 0. The standard InChI is InChI=1S/C12H19F3O3/c1-18-11(12(13,14)15)9-5-2-8(3-6-9)4-7-10(16)17/h8-9,11H,2-7H2,1H3,(H,16,17). The Balaban J connectivity index is 2.40. The van der Waals surface area contributed by atoms with E-state index in [-0.39, 0.29) is 12.3 Å². The van der Waals surface area contributed by atoms with Crippen molar-refractivity contribution < 1.29 is 27.8 Å². The fraction of sp³-hybridized carbons (Fsp3) is 0.917. The van der Waals surface area contributed by atoms with E-state index in [0.717, 1.165) is 7.11 Å². The summed E-state index contributed by atoms with van der Waals surface area (Å²) in [7, 11) is 1.09. The number of halogens is 3. The van der Waals surface area contributed by atoms with Gasteiger partial charge in [-0.05, 0) is 31.1 Å². The molecule has 0 amide bonds. The summed E-state index contributed by atoms with van der Waals surface area (Å²) in [6, 6.07) is 0. The zero-order valence-electron chi connectivity index (χ0n) is 10.4. The van der Waals surface area contributed by atoms with E-state index in [9.17, 15) is 18.0 Å². The largest absolute Gasteiger partial charge is 0.481 e. The minimum atomic E-state index is -4.31. The van der Waals surface area contributed by atoms with Gasteiger partial charge in [0.1, 0.15) is 0 Å². The maximum absolute atomic E-state index is 12.7. The quantitative estimate of drug-likeness (QED) is 0.832. The van der Waals surface area contributed by atoms with Gasteiger partial charge in [0, 0.05) is 13.5 Å². The molecule has 1 aliphatic carbocycles. The maximum atomic E-state index is 12.7. The molecule has 1 aliphatic rings. The molecule has 0 spiro atoms. The highest BCUT2D eigenvalue weighted by atomic mass is 19.4. The molecule has 0 aromatic heterocycles. The van der Waals surface area contributed by atoms with Gasteiger partial charge in [-0.1, -0.05) is 12.8 Å². The zero-order valence-corrected chi connectivity index (χ0v) is 10.4. The number of hydrogen-bond donors (Lipinski definition) is 1. The third kappa shape index (κ3) is 4.48. The van der Waals surface area contributed by atoms with Crippen molar-refractivity contribution in [2.24, 2.45) is 11.8 Å². The molecule has 3 nitrogen and oxygen atoms in total. The third-order valence-electron chi connectivity index (χ3n) is 3.66. The molecule has 1 fully saturated rings. The van der Waals surface area contributed by atoms with Gasteiger partial charge in [-0.15, -0.1) is 0 Å². The Hall–Kier alpha value is -0.780. The fourth-order valence-electron chi connectivity index (χ4n) is 2.70.